The van der Waals surface area contributed by atoms with Gasteiger partial charge in [0.1, 0.15) is 0 Å². The van der Waals surface area contributed by atoms with E-state index in [1.54, 1.807) is 0 Å². The smallest absolute Gasteiger partial charge is 0.282 e. The predicted octanol–water partition coefficient (Wildman–Crippen LogP) is 3.45. The number of para-hydroxylation sites is 1. The molecule has 18 heavy (non-hydrogen) atoms. The molecule has 0 bridgehead atoms. The van der Waals surface area contributed by atoms with Gasteiger partial charge < -0.3 is 0 Å². The Morgan fingerprint density at radius 2 is 1.78 bits per heavy atom. The average molecular weight is 299 g/mol. The number of anilines is 1. The van der Waals surface area contributed by atoms with Crippen molar-refractivity contribution in [3.8, 4) is 0 Å². The molecule has 0 aliphatic carbocycles. The number of alkyl halides is 3. The molecule has 1 aromatic rings. The molecule has 0 fully saturated rings. The Morgan fingerprint density at radius 1 is 1.22 bits per heavy atom. The number of hydrogen-bond donors (Lipinski definition) is 1. The Kier molecular flexibility index (Phi) is 4.55. The fourth-order valence-electron chi connectivity index (χ4n) is 1.04. The van der Waals surface area contributed by atoms with Crippen molar-refractivity contribution in [1.29, 1.82) is 0 Å². The molecule has 0 spiro atoms. The zero-order valence-corrected chi connectivity index (χ0v) is 11.3. The zero-order valence-electron chi connectivity index (χ0n) is 9.65. The van der Waals surface area contributed by atoms with E-state index in [4.69, 9.17) is 0 Å². The number of hydrogen-bond acceptors (Lipinski definition) is 3. The molecular weight excluding hydrogens is 287 g/mol. The van der Waals surface area contributed by atoms with E-state index in [2.05, 4.69) is 4.72 Å². The third kappa shape index (κ3) is 4.41. The van der Waals surface area contributed by atoms with Crippen molar-refractivity contribution in [2.45, 2.75) is 29.5 Å². The summed E-state index contributed by atoms with van der Waals surface area (Å²) in [6.07, 6.45) is 0. The van der Waals surface area contributed by atoms with E-state index >= 15 is 0 Å². The molecule has 0 amide bonds. The van der Waals surface area contributed by atoms with Crippen molar-refractivity contribution < 1.29 is 21.6 Å². The second kappa shape index (κ2) is 5.40. The van der Waals surface area contributed by atoms with Crippen LogP contribution in [0.1, 0.15) is 13.8 Å². The van der Waals surface area contributed by atoms with Crippen LogP contribution in [0.3, 0.4) is 0 Å². The molecule has 0 aliphatic rings. The first-order valence-corrected chi connectivity index (χ1v) is 7.34. The molecule has 0 radical (unpaired) electrons. The van der Waals surface area contributed by atoms with Crippen LogP contribution in [0, 0.1) is 0 Å². The average Bonchev–Trinajstić information content (AvgIpc) is 2.18. The topological polar surface area (TPSA) is 46.2 Å². The Labute approximate surface area is 108 Å². The number of thioether (sulfide) groups is 1. The van der Waals surface area contributed by atoms with Gasteiger partial charge in [-0.05, 0) is 37.7 Å². The summed E-state index contributed by atoms with van der Waals surface area (Å²) in [5.41, 5.74) is -4.52. The molecule has 0 aliphatic heterocycles. The lowest BCUT2D eigenvalue weighted by Gasteiger charge is -2.14. The van der Waals surface area contributed by atoms with E-state index in [0.29, 0.717) is 0 Å². The summed E-state index contributed by atoms with van der Waals surface area (Å²) in [4.78, 5) is -0.172. The molecule has 0 saturated carbocycles. The summed E-state index contributed by atoms with van der Waals surface area (Å²) in [5, 5.41) is -0.721. The highest BCUT2D eigenvalue weighted by Gasteiger charge is 2.31. The fraction of sp³-hybridized carbons (Fsp3) is 0.400. The largest absolute Gasteiger partial charge is 0.446 e. The van der Waals surface area contributed by atoms with Gasteiger partial charge in [0, 0.05) is 4.90 Å². The molecule has 8 heteroatoms. The maximum absolute atomic E-state index is 12.3. The van der Waals surface area contributed by atoms with Crippen molar-refractivity contribution in [3.63, 3.8) is 0 Å². The minimum Gasteiger partial charge on any atom is -0.282 e. The molecule has 1 aromatic carbocycles. The van der Waals surface area contributed by atoms with Crippen molar-refractivity contribution in [1.82, 2.24) is 0 Å². The van der Waals surface area contributed by atoms with Crippen LogP contribution in [-0.4, -0.2) is 19.2 Å². The van der Waals surface area contributed by atoms with Crippen molar-refractivity contribution in [2.75, 3.05) is 4.72 Å². The van der Waals surface area contributed by atoms with Gasteiger partial charge in [-0.25, -0.2) is 8.42 Å². The molecule has 0 aromatic heterocycles. The maximum Gasteiger partial charge on any atom is 0.446 e. The molecule has 102 valence electrons. The maximum atomic E-state index is 12.3. The highest BCUT2D eigenvalue weighted by Crippen LogP contribution is 2.40. The number of nitrogens with one attached hydrogen (secondary N) is 1. The van der Waals surface area contributed by atoms with Crippen LogP contribution in [-0.2, 0) is 10.0 Å². The number of sulfonamides is 1. The van der Waals surface area contributed by atoms with E-state index in [9.17, 15) is 21.6 Å². The summed E-state index contributed by atoms with van der Waals surface area (Å²) in [5.74, 6) is 0. The third-order valence-electron chi connectivity index (χ3n) is 1.99. The SMILES string of the molecule is CC(C)S(=O)(=O)Nc1ccccc1SC(F)(F)F. The van der Waals surface area contributed by atoms with Crippen LogP contribution < -0.4 is 4.72 Å². The molecule has 0 heterocycles. The third-order valence-corrected chi connectivity index (χ3v) is 4.54. The molecule has 1 rings (SSSR count). The van der Waals surface area contributed by atoms with Crippen LogP contribution in [0.15, 0.2) is 29.2 Å². The van der Waals surface area contributed by atoms with Crippen molar-refractivity contribution >= 4 is 27.5 Å². The normalized spacial score (nSPS) is 12.8. The van der Waals surface area contributed by atoms with Crippen molar-refractivity contribution in [3.05, 3.63) is 24.3 Å². The number of halogens is 3. The van der Waals surface area contributed by atoms with Crippen LogP contribution >= 0.6 is 11.8 Å². The Bertz CT molecular complexity index is 512. The van der Waals surface area contributed by atoms with Gasteiger partial charge in [-0.2, -0.15) is 13.2 Å². The Morgan fingerprint density at radius 3 is 2.28 bits per heavy atom. The number of benzene rings is 1. The predicted molar refractivity (Wildman–Crippen MR) is 66.0 cm³/mol. The first-order chi connectivity index (χ1) is 8.12. The van der Waals surface area contributed by atoms with Gasteiger partial charge in [-0.3, -0.25) is 4.72 Å². The summed E-state index contributed by atoms with van der Waals surface area (Å²) < 4.78 is 62.3. The summed E-state index contributed by atoms with van der Waals surface area (Å²) in [7, 11) is -3.66. The van der Waals surface area contributed by atoms with E-state index in [1.807, 2.05) is 0 Å². The second-order valence-electron chi connectivity index (χ2n) is 3.74. The van der Waals surface area contributed by atoms with E-state index < -0.39 is 20.8 Å². The van der Waals surface area contributed by atoms with Crippen LogP contribution in [0.4, 0.5) is 18.9 Å². The second-order valence-corrected chi connectivity index (χ2v) is 7.08. The van der Waals surface area contributed by atoms with E-state index in [0.717, 1.165) is 0 Å². The summed E-state index contributed by atoms with van der Waals surface area (Å²) >= 11 is -0.347. The van der Waals surface area contributed by atoms with Crippen LogP contribution in [0.25, 0.3) is 0 Å². The summed E-state index contributed by atoms with van der Waals surface area (Å²) in [6.45, 7) is 2.89. The molecule has 3 nitrogen and oxygen atoms in total. The van der Waals surface area contributed by atoms with Crippen molar-refractivity contribution in [2.24, 2.45) is 0 Å². The summed E-state index contributed by atoms with van der Waals surface area (Å²) in [6, 6.07) is 5.41. The van der Waals surface area contributed by atoms with Gasteiger partial charge in [-0.1, -0.05) is 12.1 Å². The molecular formula is C10H12F3NO2S2. The Balaban J connectivity index is 3.04. The Hall–Kier alpha value is -0.890. The zero-order chi connectivity index (χ0) is 14.0. The minimum absolute atomic E-state index is 0.0616. The van der Waals surface area contributed by atoms with Gasteiger partial charge in [0.15, 0.2) is 0 Å². The lowest BCUT2D eigenvalue weighted by molar-refractivity contribution is -0.0327. The van der Waals surface area contributed by atoms with Gasteiger partial charge in [-0.15, -0.1) is 0 Å². The first kappa shape index (κ1) is 15.2. The molecule has 0 saturated heterocycles. The van der Waals surface area contributed by atoms with Crippen LogP contribution in [0.5, 0.6) is 0 Å². The standard InChI is InChI=1S/C10H12F3NO2S2/c1-7(2)18(15,16)14-8-5-3-4-6-9(8)17-10(11,12)13/h3-7,14H,1-2H3. The number of rotatable bonds is 4. The van der Waals surface area contributed by atoms with Gasteiger partial charge in [0.05, 0.1) is 10.9 Å². The minimum atomic E-state index is -4.46. The van der Waals surface area contributed by atoms with E-state index in [-0.39, 0.29) is 22.3 Å². The molecule has 1 N–H and O–H groups in total. The quantitative estimate of drug-likeness (QED) is 0.866. The molecule has 0 atom stereocenters. The lowest BCUT2D eigenvalue weighted by Crippen LogP contribution is -2.22. The first-order valence-electron chi connectivity index (χ1n) is 4.98. The van der Waals surface area contributed by atoms with Crippen LogP contribution in [0.2, 0.25) is 0 Å². The molecule has 0 unspecified atom stereocenters. The van der Waals surface area contributed by atoms with Gasteiger partial charge >= 0.3 is 5.51 Å². The lowest BCUT2D eigenvalue weighted by atomic mass is 10.3. The van der Waals surface area contributed by atoms with Gasteiger partial charge in [0.25, 0.3) is 0 Å². The van der Waals surface area contributed by atoms with E-state index in [1.165, 1.54) is 38.1 Å². The highest BCUT2D eigenvalue weighted by molar-refractivity contribution is 8.00. The fourth-order valence-corrected chi connectivity index (χ4v) is 2.45. The van der Waals surface area contributed by atoms with Gasteiger partial charge in [0.2, 0.25) is 10.0 Å². The highest BCUT2D eigenvalue weighted by atomic mass is 32.2. The monoisotopic (exact) mass is 299 g/mol.